The summed E-state index contributed by atoms with van der Waals surface area (Å²) in [5.41, 5.74) is 0.818. The van der Waals surface area contributed by atoms with Gasteiger partial charge in [-0.05, 0) is 25.1 Å². The molecule has 1 heterocycles. The van der Waals surface area contributed by atoms with Crippen LogP contribution in [0.25, 0.3) is 0 Å². The highest BCUT2D eigenvalue weighted by molar-refractivity contribution is 5.18. The zero-order chi connectivity index (χ0) is 10.7. The fourth-order valence-electron chi connectivity index (χ4n) is 2.01. The lowest BCUT2D eigenvalue weighted by atomic mass is 10.0. The summed E-state index contributed by atoms with van der Waals surface area (Å²) >= 11 is 0. The first-order valence-electron chi connectivity index (χ1n) is 5.42. The van der Waals surface area contributed by atoms with Gasteiger partial charge in [-0.25, -0.2) is 4.39 Å². The van der Waals surface area contributed by atoms with Crippen molar-refractivity contribution in [3.8, 4) is 0 Å². The summed E-state index contributed by atoms with van der Waals surface area (Å²) in [5.74, 6) is -0.0866. The first-order chi connectivity index (χ1) is 7.27. The molecule has 1 fully saturated rings. The van der Waals surface area contributed by atoms with Gasteiger partial charge in [0.2, 0.25) is 0 Å². The molecule has 0 radical (unpaired) electrons. The molecule has 1 saturated heterocycles. The molecule has 0 saturated carbocycles. The maximum absolute atomic E-state index is 13.4. The van der Waals surface area contributed by atoms with Crippen LogP contribution < -0.4 is 5.32 Å². The van der Waals surface area contributed by atoms with Crippen LogP contribution in [-0.2, 0) is 6.42 Å². The van der Waals surface area contributed by atoms with E-state index in [0.29, 0.717) is 6.04 Å². The Morgan fingerprint density at radius 3 is 3.00 bits per heavy atom. The third-order valence-electron chi connectivity index (χ3n) is 3.06. The van der Waals surface area contributed by atoms with Crippen LogP contribution in [0.2, 0.25) is 0 Å². The van der Waals surface area contributed by atoms with Gasteiger partial charge < -0.3 is 10.2 Å². The monoisotopic (exact) mass is 208 g/mol. The molecule has 2 nitrogen and oxygen atoms in total. The van der Waals surface area contributed by atoms with Crippen LogP contribution in [0.3, 0.4) is 0 Å². The molecule has 1 N–H and O–H groups in total. The van der Waals surface area contributed by atoms with E-state index >= 15 is 0 Å². The Kier molecular flexibility index (Phi) is 3.34. The molecule has 0 aliphatic carbocycles. The highest BCUT2D eigenvalue weighted by Gasteiger charge is 2.19. The minimum atomic E-state index is -0.0866. The predicted molar refractivity (Wildman–Crippen MR) is 59.4 cm³/mol. The van der Waals surface area contributed by atoms with Crippen molar-refractivity contribution >= 4 is 0 Å². The first kappa shape index (κ1) is 10.6. The molecule has 1 aliphatic heterocycles. The number of benzene rings is 1. The van der Waals surface area contributed by atoms with Crippen LogP contribution in [0.15, 0.2) is 24.3 Å². The van der Waals surface area contributed by atoms with Gasteiger partial charge >= 0.3 is 0 Å². The second-order valence-corrected chi connectivity index (χ2v) is 4.13. The Bertz CT molecular complexity index is 327. The minimum absolute atomic E-state index is 0.0866. The van der Waals surface area contributed by atoms with Crippen LogP contribution in [0, 0.1) is 5.82 Å². The average molecular weight is 208 g/mol. The van der Waals surface area contributed by atoms with Crippen molar-refractivity contribution in [3.63, 3.8) is 0 Å². The van der Waals surface area contributed by atoms with E-state index in [1.165, 1.54) is 6.07 Å². The molecule has 82 valence electrons. The van der Waals surface area contributed by atoms with E-state index < -0.39 is 0 Å². The highest BCUT2D eigenvalue weighted by Crippen LogP contribution is 2.12. The molecule has 1 unspecified atom stereocenters. The van der Waals surface area contributed by atoms with Crippen molar-refractivity contribution in [1.82, 2.24) is 10.2 Å². The minimum Gasteiger partial charge on any atom is -0.314 e. The van der Waals surface area contributed by atoms with Crippen molar-refractivity contribution in [2.75, 3.05) is 26.7 Å². The van der Waals surface area contributed by atoms with Crippen LogP contribution >= 0.6 is 0 Å². The van der Waals surface area contributed by atoms with E-state index in [9.17, 15) is 4.39 Å². The molecule has 2 rings (SSSR count). The Morgan fingerprint density at radius 1 is 1.47 bits per heavy atom. The molecule has 1 aliphatic rings. The Balaban J connectivity index is 2.04. The molecule has 1 aromatic carbocycles. The number of rotatable bonds is 2. The maximum Gasteiger partial charge on any atom is 0.126 e. The lowest BCUT2D eigenvalue weighted by molar-refractivity contribution is 0.198. The number of hydrogen-bond donors (Lipinski definition) is 1. The summed E-state index contributed by atoms with van der Waals surface area (Å²) in [7, 11) is 2.10. The largest absolute Gasteiger partial charge is 0.314 e. The van der Waals surface area contributed by atoms with Gasteiger partial charge in [0.1, 0.15) is 5.82 Å². The summed E-state index contributed by atoms with van der Waals surface area (Å²) in [5, 5.41) is 3.34. The molecular formula is C12H17FN2. The van der Waals surface area contributed by atoms with Gasteiger partial charge in [-0.2, -0.15) is 0 Å². The molecule has 1 aromatic rings. The maximum atomic E-state index is 13.4. The van der Waals surface area contributed by atoms with Gasteiger partial charge in [-0.3, -0.25) is 0 Å². The smallest absolute Gasteiger partial charge is 0.126 e. The number of halogens is 1. The second-order valence-electron chi connectivity index (χ2n) is 4.13. The molecule has 0 aromatic heterocycles. The summed E-state index contributed by atoms with van der Waals surface area (Å²) in [4.78, 5) is 2.29. The molecule has 0 amide bonds. The Hall–Kier alpha value is -0.930. The van der Waals surface area contributed by atoms with Crippen molar-refractivity contribution in [2.24, 2.45) is 0 Å². The van der Waals surface area contributed by atoms with Gasteiger partial charge in [-0.15, -0.1) is 0 Å². The Labute approximate surface area is 90.1 Å². The fraction of sp³-hybridized carbons (Fsp3) is 0.500. The van der Waals surface area contributed by atoms with E-state index in [-0.39, 0.29) is 5.82 Å². The van der Waals surface area contributed by atoms with Crippen LogP contribution in [0.4, 0.5) is 4.39 Å². The number of nitrogens with zero attached hydrogens (tertiary/aromatic N) is 1. The van der Waals surface area contributed by atoms with E-state index in [4.69, 9.17) is 0 Å². The lowest BCUT2D eigenvalue weighted by Crippen LogP contribution is -2.50. The summed E-state index contributed by atoms with van der Waals surface area (Å²) in [6.07, 6.45) is 0.788. The first-order valence-corrected chi connectivity index (χ1v) is 5.42. The van der Waals surface area contributed by atoms with E-state index in [1.807, 2.05) is 12.1 Å². The van der Waals surface area contributed by atoms with Gasteiger partial charge in [0.25, 0.3) is 0 Å². The van der Waals surface area contributed by atoms with Gasteiger partial charge in [0.15, 0.2) is 0 Å². The number of likely N-dealkylation sites (N-methyl/N-ethyl adjacent to an activating group) is 1. The normalized spacial score (nSPS) is 22.9. The zero-order valence-corrected chi connectivity index (χ0v) is 9.04. The number of hydrogen-bond acceptors (Lipinski definition) is 2. The molecule has 0 spiro atoms. The number of piperazine rings is 1. The summed E-state index contributed by atoms with van der Waals surface area (Å²) in [6, 6.07) is 7.45. The summed E-state index contributed by atoms with van der Waals surface area (Å²) < 4.78 is 13.4. The molecule has 0 bridgehead atoms. The van der Waals surface area contributed by atoms with Gasteiger partial charge in [0, 0.05) is 25.7 Å². The van der Waals surface area contributed by atoms with Crippen LogP contribution in [0.5, 0.6) is 0 Å². The van der Waals surface area contributed by atoms with E-state index in [2.05, 4.69) is 17.3 Å². The summed E-state index contributed by atoms with van der Waals surface area (Å²) in [6.45, 7) is 3.02. The third-order valence-corrected chi connectivity index (χ3v) is 3.06. The molecule has 15 heavy (non-hydrogen) atoms. The van der Waals surface area contributed by atoms with Crippen LogP contribution in [-0.4, -0.2) is 37.6 Å². The highest BCUT2D eigenvalue weighted by atomic mass is 19.1. The van der Waals surface area contributed by atoms with Crippen molar-refractivity contribution in [1.29, 1.82) is 0 Å². The van der Waals surface area contributed by atoms with Crippen molar-refractivity contribution in [3.05, 3.63) is 35.6 Å². The third kappa shape index (κ3) is 2.55. The van der Waals surface area contributed by atoms with Crippen molar-refractivity contribution in [2.45, 2.75) is 12.5 Å². The predicted octanol–water partition coefficient (Wildman–Crippen LogP) is 1.27. The SMILES string of the molecule is CN1CCNCC1Cc1ccccc1F. The molecule has 1 atom stereocenters. The van der Waals surface area contributed by atoms with E-state index in [0.717, 1.165) is 31.6 Å². The number of nitrogens with one attached hydrogen (secondary N) is 1. The van der Waals surface area contributed by atoms with Crippen LogP contribution in [0.1, 0.15) is 5.56 Å². The van der Waals surface area contributed by atoms with E-state index in [1.54, 1.807) is 6.07 Å². The molecule has 3 heteroatoms. The topological polar surface area (TPSA) is 15.3 Å². The fourth-order valence-corrected chi connectivity index (χ4v) is 2.01. The zero-order valence-electron chi connectivity index (χ0n) is 9.04. The van der Waals surface area contributed by atoms with Gasteiger partial charge in [0.05, 0.1) is 0 Å². The average Bonchev–Trinajstić information content (AvgIpc) is 2.24. The second kappa shape index (κ2) is 4.73. The van der Waals surface area contributed by atoms with Gasteiger partial charge in [-0.1, -0.05) is 18.2 Å². The molecular weight excluding hydrogens is 191 g/mol. The van der Waals surface area contributed by atoms with Crippen molar-refractivity contribution < 1.29 is 4.39 Å². The Morgan fingerprint density at radius 2 is 2.27 bits per heavy atom. The quantitative estimate of drug-likeness (QED) is 0.787. The standard InChI is InChI=1S/C12H17FN2/c1-15-7-6-14-9-11(15)8-10-4-2-3-5-12(10)13/h2-5,11,14H,6-9H2,1H3. The lowest BCUT2D eigenvalue weighted by Gasteiger charge is -2.33.